The van der Waals surface area contributed by atoms with Gasteiger partial charge in [-0.3, -0.25) is 5.32 Å². The van der Waals surface area contributed by atoms with E-state index in [4.69, 9.17) is 4.42 Å². The van der Waals surface area contributed by atoms with Crippen molar-refractivity contribution in [1.82, 2.24) is 10.3 Å². The third-order valence-corrected chi connectivity index (χ3v) is 2.78. The summed E-state index contributed by atoms with van der Waals surface area (Å²) in [6, 6.07) is 6.94. The second kappa shape index (κ2) is 5.56. The fraction of sp³-hybridized carbons (Fsp3) is 0.286. The summed E-state index contributed by atoms with van der Waals surface area (Å²) in [4.78, 5) is 16.0. The number of pyridine rings is 1. The Morgan fingerprint density at radius 3 is 2.74 bits per heavy atom. The van der Waals surface area contributed by atoms with Gasteiger partial charge in [0.05, 0.1) is 6.04 Å². The van der Waals surface area contributed by atoms with Crippen LogP contribution in [0.3, 0.4) is 0 Å². The fourth-order valence-electron chi connectivity index (χ4n) is 1.71. The molecule has 0 fully saturated rings. The van der Waals surface area contributed by atoms with E-state index in [0.29, 0.717) is 5.82 Å². The number of urea groups is 1. The molecule has 100 valence electrons. The molecule has 5 heteroatoms. The van der Waals surface area contributed by atoms with Crippen molar-refractivity contribution in [1.29, 1.82) is 0 Å². The third-order valence-electron chi connectivity index (χ3n) is 2.78. The molecule has 0 radical (unpaired) electrons. The van der Waals surface area contributed by atoms with Gasteiger partial charge >= 0.3 is 6.03 Å². The van der Waals surface area contributed by atoms with Gasteiger partial charge in [-0.05, 0) is 44.5 Å². The summed E-state index contributed by atoms with van der Waals surface area (Å²) < 4.78 is 5.46. The van der Waals surface area contributed by atoms with Crippen LogP contribution in [0, 0.1) is 13.8 Å². The predicted octanol–water partition coefficient (Wildman–Crippen LogP) is 3.17. The molecule has 2 rings (SSSR count). The average Bonchev–Trinajstić information content (AvgIpc) is 2.79. The molecule has 0 aliphatic carbocycles. The maximum atomic E-state index is 11.9. The van der Waals surface area contributed by atoms with Crippen LogP contribution in [0.4, 0.5) is 10.6 Å². The van der Waals surface area contributed by atoms with Gasteiger partial charge in [0.25, 0.3) is 0 Å². The Labute approximate surface area is 112 Å². The lowest BCUT2D eigenvalue weighted by Gasteiger charge is -2.13. The van der Waals surface area contributed by atoms with Crippen LogP contribution in [0.5, 0.6) is 0 Å². The number of furan rings is 1. The van der Waals surface area contributed by atoms with Crippen molar-refractivity contribution in [2.45, 2.75) is 26.8 Å². The first-order valence-electron chi connectivity index (χ1n) is 6.11. The number of carbonyl (C=O) groups is 1. The SMILES string of the molecule is Cc1ccc(C(C)NC(=O)Nc2ncccc2C)o1. The maximum absolute atomic E-state index is 11.9. The molecular weight excluding hydrogens is 242 g/mol. The van der Waals surface area contributed by atoms with Crippen LogP contribution in [-0.4, -0.2) is 11.0 Å². The number of amides is 2. The normalized spacial score (nSPS) is 11.9. The molecule has 2 amide bonds. The molecule has 0 aliphatic rings. The molecule has 1 unspecified atom stereocenters. The van der Waals surface area contributed by atoms with Crippen molar-refractivity contribution in [3.8, 4) is 0 Å². The molecule has 0 saturated heterocycles. The van der Waals surface area contributed by atoms with Gasteiger partial charge in [-0.15, -0.1) is 0 Å². The molecule has 19 heavy (non-hydrogen) atoms. The Bertz CT molecular complexity index is 578. The first-order chi connectivity index (χ1) is 9.06. The summed E-state index contributed by atoms with van der Waals surface area (Å²) in [5, 5.41) is 5.52. The molecule has 0 aliphatic heterocycles. The van der Waals surface area contributed by atoms with Crippen molar-refractivity contribution in [2.75, 3.05) is 5.32 Å². The first kappa shape index (κ1) is 13.1. The molecule has 2 N–H and O–H groups in total. The Morgan fingerprint density at radius 2 is 2.11 bits per heavy atom. The summed E-state index contributed by atoms with van der Waals surface area (Å²) >= 11 is 0. The van der Waals surface area contributed by atoms with Gasteiger partial charge in [0.15, 0.2) is 0 Å². The van der Waals surface area contributed by atoms with E-state index in [1.165, 1.54) is 0 Å². The van der Waals surface area contributed by atoms with Crippen molar-refractivity contribution in [3.63, 3.8) is 0 Å². The molecule has 5 nitrogen and oxygen atoms in total. The van der Waals surface area contributed by atoms with E-state index in [1.807, 2.05) is 45.0 Å². The van der Waals surface area contributed by atoms with Crippen LogP contribution in [0.1, 0.15) is 30.0 Å². The third kappa shape index (κ3) is 3.34. The zero-order valence-electron chi connectivity index (χ0n) is 11.2. The quantitative estimate of drug-likeness (QED) is 0.889. The minimum absolute atomic E-state index is 0.197. The van der Waals surface area contributed by atoms with Crippen molar-refractivity contribution >= 4 is 11.8 Å². The monoisotopic (exact) mass is 259 g/mol. The Kier molecular flexibility index (Phi) is 3.85. The summed E-state index contributed by atoms with van der Waals surface area (Å²) in [6.07, 6.45) is 1.64. The lowest BCUT2D eigenvalue weighted by molar-refractivity contribution is 0.247. The number of rotatable bonds is 3. The topological polar surface area (TPSA) is 67.2 Å². The lowest BCUT2D eigenvalue weighted by Crippen LogP contribution is -2.31. The molecule has 0 saturated carbocycles. The van der Waals surface area contributed by atoms with E-state index in [9.17, 15) is 4.79 Å². The summed E-state index contributed by atoms with van der Waals surface area (Å²) in [5.74, 6) is 2.11. The van der Waals surface area contributed by atoms with Crippen molar-refractivity contribution in [2.24, 2.45) is 0 Å². The summed E-state index contributed by atoms with van der Waals surface area (Å²) in [5.41, 5.74) is 0.916. The smallest absolute Gasteiger partial charge is 0.320 e. The van der Waals surface area contributed by atoms with E-state index >= 15 is 0 Å². The van der Waals surface area contributed by atoms with Gasteiger partial charge in [-0.2, -0.15) is 0 Å². The van der Waals surface area contributed by atoms with Gasteiger partial charge in [-0.25, -0.2) is 9.78 Å². The van der Waals surface area contributed by atoms with Crippen molar-refractivity contribution in [3.05, 3.63) is 47.5 Å². The minimum Gasteiger partial charge on any atom is -0.464 e. The molecule has 1 atom stereocenters. The summed E-state index contributed by atoms with van der Waals surface area (Å²) in [6.45, 7) is 5.62. The van der Waals surface area contributed by atoms with E-state index in [1.54, 1.807) is 6.20 Å². The number of hydrogen-bond acceptors (Lipinski definition) is 3. The van der Waals surface area contributed by atoms with E-state index in [-0.39, 0.29) is 12.1 Å². The highest BCUT2D eigenvalue weighted by molar-refractivity contribution is 5.89. The number of anilines is 1. The van der Waals surface area contributed by atoms with Gasteiger partial charge < -0.3 is 9.73 Å². The Hall–Kier alpha value is -2.30. The molecular formula is C14H17N3O2. The van der Waals surface area contributed by atoms with Crippen LogP contribution in [0.15, 0.2) is 34.9 Å². The van der Waals surface area contributed by atoms with E-state index in [2.05, 4.69) is 15.6 Å². The van der Waals surface area contributed by atoms with E-state index in [0.717, 1.165) is 17.1 Å². The number of nitrogens with zero attached hydrogens (tertiary/aromatic N) is 1. The van der Waals surface area contributed by atoms with Crippen LogP contribution < -0.4 is 10.6 Å². The highest BCUT2D eigenvalue weighted by atomic mass is 16.3. The Morgan fingerprint density at radius 1 is 1.32 bits per heavy atom. The average molecular weight is 259 g/mol. The first-order valence-corrected chi connectivity index (χ1v) is 6.11. The number of aryl methyl sites for hydroxylation is 2. The van der Waals surface area contributed by atoms with Gasteiger partial charge in [-0.1, -0.05) is 6.07 Å². The van der Waals surface area contributed by atoms with Gasteiger partial charge in [0.2, 0.25) is 0 Å². The van der Waals surface area contributed by atoms with Crippen LogP contribution >= 0.6 is 0 Å². The molecule has 2 aromatic heterocycles. The number of nitrogens with one attached hydrogen (secondary N) is 2. The number of aromatic nitrogens is 1. The standard InChI is InChI=1S/C14H17N3O2/c1-9-5-4-8-15-13(9)17-14(18)16-11(3)12-7-6-10(2)19-12/h4-8,11H,1-3H3,(H2,15,16,17,18). The molecule has 2 aromatic rings. The molecule has 0 bridgehead atoms. The highest BCUT2D eigenvalue weighted by Crippen LogP contribution is 2.16. The predicted molar refractivity (Wildman–Crippen MR) is 73.0 cm³/mol. The number of carbonyl (C=O) groups excluding carboxylic acids is 1. The maximum Gasteiger partial charge on any atom is 0.320 e. The van der Waals surface area contributed by atoms with Crippen LogP contribution in [0.25, 0.3) is 0 Å². The second-order valence-corrected chi connectivity index (χ2v) is 4.44. The highest BCUT2D eigenvalue weighted by Gasteiger charge is 2.13. The zero-order valence-corrected chi connectivity index (χ0v) is 11.2. The van der Waals surface area contributed by atoms with Crippen LogP contribution in [0.2, 0.25) is 0 Å². The zero-order chi connectivity index (χ0) is 13.8. The fourth-order valence-corrected chi connectivity index (χ4v) is 1.71. The molecule has 2 heterocycles. The molecule has 0 spiro atoms. The van der Waals surface area contributed by atoms with Gasteiger partial charge in [0, 0.05) is 6.20 Å². The Balaban J connectivity index is 1.96. The van der Waals surface area contributed by atoms with Crippen LogP contribution in [-0.2, 0) is 0 Å². The van der Waals surface area contributed by atoms with Crippen molar-refractivity contribution < 1.29 is 9.21 Å². The molecule has 0 aromatic carbocycles. The lowest BCUT2D eigenvalue weighted by atomic mass is 10.2. The van der Waals surface area contributed by atoms with E-state index < -0.39 is 0 Å². The second-order valence-electron chi connectivity index (χ2n) is 4.44. The minimum atomic E-state index is -0.302. The summed E-state index contributed by atoms with van der Waals surface area (Å²) in [7, 11) is 0. The van der Waals surface area contributed by atoms with Gasteiger partial charge in [0.1, 0.15) is 17.3 Å². The number of hydrogen-bond donors (Lipinski definition) is 2. The largest absolute Gasteiger partial charge is 0.464 e.